The van der Waals surface area contributed by atoms with Gasteiger partial charge in [0.05, 0.1) is 29.5 Å². The Morgan fingerprint density at radius 3 is 2.77 bits per heavy atom. The Morgan fingerprint density at radius 2 is 2.00 bits per heavy atom. The molecule has 0 aliphatic carbocycles. The summed E-state index contributed by atoms with van der Waals surface area (Å²) in [4.78, 5) is 34.6. The number of anilines is 2. The monoisotopic (exact) mass is 408 g/mol. The molecular weight excluding hydrogens is 387 g/mol. The lowest BCUT2D eigenvalue weighted by Crippen LogP contribution is -2.37. The van der Waals surface area contributed by atoms with E-state index in [1.165, 1.54) is 18.5 Å². The highest BCUT2D eigenvalue weighted by Gasteiger charge is 2.24. The fourth-order valence-corrected chi connectivity index (χ4v) is 3.43. The molecule has 1 aliphatic rings. The number of hydrogen-bond donors (Lipinski definition) is 1. The molecule has 0 atom stereocenters. The van der Waals surface area contributed by atoms with Crippen LogP contribution in [-0.2, 0) is 16.1 Å². The molecule has 0 radical (unpaired) electrons. The van der Waals surface area contributed by atoms with Crippen molar-refractivity contribution in [3.05, 3.63) is 54.4 Å². The van der Waals surface area contributed by atoms with Crippen LogP contribution in [0.2, 0.25) is 0 Å². The van der Waals surface area contributed by atoms with E-state index in [0.29, 0.717) is 23.5 Å². The maximum Gasteiger partial charge on any atom is 0.228 e. The van der Waals surface area contributed by atoms with Gasteiger partial charge < -0.3 is 5.32 Å². The number of carbonyl (C=O) groups excluding carboxylic acids is 2. The summed E-state index contributed by atoms with van der Waals surface area (Å²) in [5.41, 5.74) is 2.47. The minimum absolute atomic E-state index is 0.0675. The zero-order valence-corrected chi connectivity index (χ0v) is 16.5. The van der Waals surface area contributed by atoms with Gasteiger partial charge in [-0.25, -0.2) is 9.07 Å². The summed E-state index contributed by atoms with van der Waals surface area (Å²) >= 11 is 0. The average Bonchev–Trinajstić information content (AvgIpc) is 3.12. The van der Waals surface area contributed by atoms with Crippen LogP contribution < -0.4 is 10.2 Å². The predicted octanol–water partition coefficient (Wildman–Crippen LogP) is 2.94. The fourth-order valence-electron chi connectivity index (χ4n) is 3.43. The van der Waals surface area contributed by atoms with Gasteiger partial charge in [0.25, 0.3) is 0 Å². The summed E-state index contributed by atoms with van der Waals surface area (Å²) in [6.07, 6.45) is 5.15. The first-order valence-electron chi connectivity index (χ1n) is 9.71. The molecule has 0 saturated carbocycles. The van der Waals surface area contributed by atoms with Gasteiger partial charge in [0.2, 0.25) is 11.8 Å². The van der Waals surface area contributed by atoms with E-state index in [1.54, 1.807) is 17.0 Å². The average molecular weight is 408 g/mol. The van der Waals surface area contributed by atoms with Gasteiger partial charge >= 0.3 is 0 Å². The number of rotatable bonds is 5. The molecule has 4 heterocycles. The highest BCUT2D eigenvalue weighted by Crippen LogP contribution is 2.23. The van der Waals surface area contributed by atoms with Crippen molar-refractivity contribution >= 4 is 23.3 Å². The van der Waals surface area contributed by atoms with E-state index in [1.807, 2.05) is 17.7 Å². The molecule has 0 fully saturated rings. The zero-order valence-electron chi connectivity index (χ0n) is 16.5. The molecule has 0 bridgehead atoms. The highest BCUT2D eigenvalue weighted by atomic mass is 19.1. The number of halogens is 1. The van der Waals surface area contributed by atoms with Gasteiger partial charge in [0.1, 0.15) is 11.6 Å². The van der Waals surface area contributed by atoms with Crippen molar-refractivity contribution in [3.63, 3.8) is 0 Å². The number of fused-ring (bicyclic) bond motifs is 1. The van der Waals surface area contributed by atoms with Crippen molar-refractivity contribution in [2.45, 2.75) is 32.7 Å². The van der Waals surface area contributed by atoms with Crippen LogP contribution in [0.4, 0.5) is 15.9 Å². The van der Waals surface area contributed by atoms with E-state index in [2.05, 4.69) is 20.4 Å². The molecule has 3 aromatic rings. The van der Waals surface area contributed by atoms with Crippen molar-refractivity contribution in [2.24, 2.45) is 0 Å². The van der Waals surface area contributed by atoms with Crippen molar-refractivity contribution in [2.75, 3.05) is 16.8 Å². The van der Waals surface area contributed by atoms with Gasteiger partial charge in [-0.2, -0.15) is 5.10 Å². The van der Waals surface area contributed by atoms with Crippen LogP contribution in [0.15, 0.2) is 42.9 Å². The predicted molar refractivity (Wildman–Crippen MR) is 109 cm³/mol. The van der Waals surface area contributed by atoms with Crippen LogP contribution in [0.5, 0.6) is 0 Å². The molecule has 30 heavy (non-hydrogen) atoms. The summed E-state index contributed by atoms with van der Waals surface area (Å²) < 4.78 is 15.1. The zero-order chi connectivity index (χ0) is 21.1. The second kappa shape index (κ2) is 8.40. The van der Waals surface area contributed by atoms with Gasteiger partial charge in [-0.1, -0.05) is 0 Å². The number of amides is 2. The Kier molecular flexibility index (Phi) is 5.51. The molecule has 3 aromatic heterocycles. The standard InChI is InChI=1S/C21H21FN6O2/c1-14-9-20-27(7-2-8-28(20)26-14)21(30)6-5-19(29)25-17-3-4-18(24-13-17)15-10-16(22)12-23-11-15/h3-4,9-13H,2,5-8H2,1H3,(H,25,29). The van der Waals surface area contributed by atoms with E-state index < -0.39 is 5.82 Å². The lowest BCUT2D eigenvalue weighted by Gasteiger charge is -2.27. The molecule has 4 rings (SSSR count). The first-order chi connectivity index (χ1) is 14.5. The lowest BCUT2D eigenvalue weighted by molar-refractivity contribution is -0.122. The molecule has 8 nitrogen and oxygen atoms in total. The first kappa shape index (κ1) is 19.7. The number of nitrogens with one attached hydrogen (secondary N) is 1. The number of hydrogen-bond acceptors (Lipinski definition) is 5. The van der Waals surface area contributed by atoms with Gasteiger partial charge in [0, 0.05) is 43.8 Å². The Hall–Kier alpha value is -3.62. The third kappa shape index (κ3) is 4.35. The Labute approximate surface area is 172 Å². The molecule has 0 spiro atoms. The number of carbonyl (C=O) groups is 2. The molecule has 0 aromatic carbocycles. The molecule has 154 valence electrons. The normalized spacial score (nSPS) is 13.1. The largest absolute Gasteiger partial charge is 0.325 e. The molecule has 1 N–H and O–H groups in total. The summed E-state index contributed by atoms with van der Waals surface area (Å²) in [6, 6.07) is 6.58. The van der Waals surface area contributed by atoms with Gasteiger partial charge in [-0.3, -0.25) is 24.5 Å². The van der Waals surface area contributed by atoms with Crippen molar-refractivity contribution in [1.29, 1.82) is 0 Å². The van der Waals surface area contributed by atoms with E-state index in [-0.39, 0.29) is 24.7 Å². The van der Waals surface area contributed by atoms with Gasteiger partial charge in [-0.05, 0) is 31.5 Å². The van der Waals surface area contributed by atoms with Crippen LogP contribution in [0.3, 0.4) is 0 Å². The summed E-state index contributed by atoms with van der Waals surface area (Å²) in [5, 5.41) is 7.11. The number of aromatic nitrogens is 4. The minimum atomic E-state index is -0.441. The van der Waals surface area contributed by atoms with Crippen LogP contribution in [-0.4, -0.2) is 38.1 Å². The summed E-state index contributed by atoms with van der Waals surface area (Å²) in [6.45, 7) is 3.32. The van der Waals surface area contributed by atoms with Gasteiger partial charge in [0.15, 0.2) is 0 Å². The van der Waals surface area contributed by atoms with Crippen LogP contribution >= 0.6 is 0 Å². The van der Waals surface area contributed by atoms with E-state index in [9.17, 15) is 14.0 Å². The molecule has 1 aliphatic heterocycles. The topological polar surface area (TPSA) is 93.0 Å². The van der Waals surface area contributed by atoms with E-state index in [0.717, 1.165) is 30.7 Å². The van der Waals surface area contributed by atoms with Crippen molar-refractivity contribution < 1.29 is 14.0 Å². The number of nitrogens with zero attached hydrogens (tertiary/aromatic N) is 5. The maximum absolute atomic E-state index is 13.3. The quantitative estimate of drug-likeness (QED) is 0.701. The van der Waals surface area contributed by atoms with Crippen LogP contribution in [0, 0.1) is 12.7 Å². The SMILES string of the molecule is Cc1cc2n(n1)CCCN2C(=O)CCC(=O)Nc1ccc(-c2cncc(F)c2)nc1. The minimum Gasteiger partial charge on any atom is -0.325 e. The number of aryl methyl sites for hydroxylation is 2. The Morgan fingerprint density at radius 1 is 1.13 bits per heavy atom. The second-order valence-corrected chi connectivity index (χ2v) is 7.14. The Balaban J connectivity index is 1.32. The third-order valence-corrected chi connectivity index (χ3v) is 4.82. The maximum atomic E-state index is 13.3. The molecule has 0 unspecified atom stereocenters. The van der Waals surface area contributed by atoms with Crippen molar-refractivity contribution in [1.82, 2.24) is 19.7 Å². The molecular formula is C21H21FN6O2. The summed E-state index contributed by atoms with van der Waals surface area (Å²) in [5.74, 6) is -0.0239. The van der Waals surface area contributed by atoms with E-state index in [4.69, 9.17) is 0 Å². The van der Waals surface area contributed by atoms with Crippen LogP contribution in [0.1, 0.15) is 25.0 Å². The smallest absolute Gasteiger partial charge is 0.228 e. The van der Waals surface area contributed by atoms with Gasteiger partial charge in [-0.15, -0.1) is 0 Å². The summed E-state index contributed by atoms with van der Waals surface area (Å²) in [7, 11) is 0. The number of pyridine rings is 2. The highest BCUT2D eigenvalue weighted by molar-refractivity contribution is 5.97. The molecule has 2 amide bonds. The second-order valence-electron chi connectivity index (χ2n) is 7.14. The third-order valence-electron chi connectivity index (χ3n) is 4.82. The molecule has 0 saturated heterocycles. The van der Waals surface area contributed by atoms with Crippen LogP contribution in [0.25, 0.3) is 11.3 Å². The van der Waals surface area contributed by atoms with E-state index >= 15 is 0 Å². The molecule has 9 heteroatoms. The van der Waals surface area contributed by atoms with Crippen molar-refractivity contribution in [3.8, 4) is 11.3 Å². The lowest BCUT2D eigenvalue weighted by atomic mass is 10.2. The fraction of sp³-hybridized carbons (Fsp3) is 0.286. The Bertz CT molecular complexity index is 1080. The first-order valence-corrected chi connectivity index (χ1v) is 9.71.